The molecule has 2 aromatic carbocycles. The maximum Gasteiger partial charge on any atom is 0.255 e. The molecule has 2 rings (SSSR count). The molecule has 0 fully saturated rings. The van der Waals surface area contributed by atoms with Crippen molar-refractivity contribution in [2.24, 2.45) is 5.92 Å². The molecule has 0 heterocycles. The second kappa shape index (κ2) is 8.17. The van der Waals surface area contributed by atoms with Gasteiger partial charge in [-0.15, -0.1) is 0 Å². The molecule has 0 aliphatic carbocycles. The Morgan fingerprint density at radius 2 is 1.35 bits per heavy atom. The lowest BCUT2D eigenvalue weighted by Gasteiger charge is -2.19. The van der Waals surface area contributed by atoms with Gasteiger partial charge in [-0.2, -0.15) is 0 Å². The maximum atomic E-state index is 12.4. The van der Waals surface area contributed by atoms with Crippen molar-refractivity contribution in [1.82, 2.24) is 5.32 Å². The Labute approximate surface area is 156 Å². The highest BCUT2D eigenvalue weighted by atomic mass is 16.2. The number of anilines is 1. The van der Waals surface area contributed by atoms with Crippen LogP contribution in [0.4, 0.5) is 5.69 Å². The highest BCUT2D eigenvalue weighted by Crippen LogP contribution is 2.22. The van der Waals surface area contributed by atoms with Crippen molar-refractivity contribution in [1.29, 1.82) is 0 Å². The zero-order valence-electron chi connectivity index (χ0n) is 16.2. The van der Waals surface area contributed by atoms with Gasteiger partial charge in [0.2, 0.25) is 0 Å². The zero-order chi connectivity index (χ0) is 19.3. The van der Waals surface area contributed by atoms with Crippen molar-refractivity contribution in [3.05, 3.63) is 65.2 Å². The molecule has 2 N–H and O–H groups in total. The van der Waals surface area contributed by atoms with Gasteiger partial charge in [0.05, 0.1) is 0 Å². The molecule has 0 aliphatic rings. The lowest BCUT2D eigenvalue weighted by atomic mass is 9.87. The Kier molecular flexibility index (Phi) is 6.19. The van der Waals surface area contributed by atoms with Crippen molar-refractivity contribution in [2.45, 2.75) is 40.0 Å². The number of hydrogen-bond donors (Lipinski definition) is 2. The van der Waals surface area contributed by atoms with E-state index >= 15 is 0 Å². The lowest BCUT2D eigenvalue weighted by molar-refractivity contribution is 0.0948. The van der Waals surface area contributed by atoms with Crippen LogP contribution < -0.4 is 10.6 Å². The smallest absolute Gasteiger partial charge is 0.255 e. The first-order chi connectivity index (χ1) is 12.2. The maximum absolute atomic E-state index is 12.4. The second-order valence-corrected chi connectivity index (χ2v) is 7.96. The van der Waals surface area contributed by atoms with E-state index in [-0.39, 0.29) is 17.2 Å². The fourth-order valence-corrected chi connectivity index (χ4v) is 2.43. The van der Waals surface area contributed by atoms with E-state index in [9.17, 15) is 9.59 Å². The van der Waals surface area contributed by atoms with Gasteiger partial charge in [-0.25, -0.2) is 0 Å². The summed E-state index contributed by atoms with van der Waals surface area (Å²) in [6, 6.07) is 14.6. The van der Waals surface area contributed by atoms with E-state index in [1.54, 1.807) is 24.3 Å². The second-order valence-electron chi connectivity index (χ2n) is 7.96. The SMILES string of the molecule is CC(C)CNC(=O)c1ccc(NC(=O)c2ccc(C(C)(C)C)cc2)cc1. The van der Waals surface area contributed by atoms with Crippen LogP contribution >= 0.6 is 0 Å². The molecule has 138 valence electrons. The van der Waals surface area contributed by atoms with Crippen LogP contribution in [0, 0.1) is 5.92 Å². The first-order valence-corrected chi connectivity index (χ1v) is 8.97. The van der Waals surface area contributed by atoms with Crippen LogP contribution in [0.25, 0.3) is 0 Å². The van der Waals surface area contributed by atoms with Gasteiger partial charge in [-0.3, -0.25) is 9.59 Å². The van der Waals surface area contributed by atoms with E-state index < -0.39 is 0 Å². The Morgan fingerprint density at radius 3 is 1.85 bits per heavy atom. The standard InChI is InChI=1S/C22H28N2O2/c1-15(2)14-23-20(25)16-8-12-19(13-9-16)24-21(26)17-6-10-18(11-7-17)22(3,4)5/h6-13,15H,14H2,1-5H3,(H,23,25)(H,24,26). The normalized spacial score (nSPS) is 11.3. The third kappa shape index (κ3) is 5.45. The summed E-state index contributed by atoms with van der Waals surface area (Å²) >= 11 is 0. The van der Waals surface area contributed by atoms with Crippen molar-refractivity contribution < 1.29 is 9.59 Å². The van der Waals surface area contributed by atoms with Crippen LogP contribution in [0.3, 0.4) is 0 Å². The molecule has 4 nitrogen and oxygen atoms in total. The van der Waals surface area contributed by atoms with Gasteiger partial charge in [0.1, 0.15) is 0 Å². The quantitative estimate of drug-likeness (QED) is 0.825. The fraction of sp³-hybridized carbons (Fsp3) is 0.364. The first kappa shape index (κ1) is 19.7. The molecule has 0 saturated carbocycles. The van der Waals surface area contributed by atoms with Crippen LogP contribution in [0.2, 0.25) is 0 Å². The van der Waals surface area contributed by atoms with E-state index in [2.05, 4.69) is 31.4 Å². The molecular weight excluding hydrogens is 324 g/mol. The van der Waals surface area contributed by atoms with Gasteiger partial charge >= 0.3 is 0 Å². The predicted molar refractivity (Wildman–Crippen MR) is 107 cm³/mol. The molecule has 0 saturated heterocycles. The number of carbonyl (C=O) groups is 2. The van der Waals surface area contributed by atoms with Gasteiger partial charge in [-0.1, -0.05) is 46.8 Å². The van der Waals surface area contributed by atoms with E-state index in [0.29, 0.717) is 29.3 Å². The molecule has 0 atom stereocenters. The summed E-state index contributed by atoms with van der Waals surface area (Å²) in [5, 5.41) is 5.74. The fourth-order valence-electron chi connectivity index (χ4n) is 2.43. The predicted octanol–water partition coefficient (Wildman–Crippen LogP) is 4.62. The average molecular weight is 352 g/mol. The Hall–Kier alpha value is -2.62. The van der Waals surface area contributed by atoms with Crippen molar-refractivity contribution in [2.75, 3.05) is 11.9 Å². The molecular formula is C22H28N2O2. The molecule has 0 spiro atoms. The van der Waals surface area contributed by atoms with E-state index in [1.165, 1.54) is 5.56 Å². The van der Waals surface area contributed by atoms with Crippen LogP contribution in [0.5, 0.6) is 0 Å². The summed E-state index contributed by atoms with van der Waals surface area (Å²) in [7, 11) is 0. The summed E-state index contributed by atoms with van der Waals surface area (Å²) in [6.45, 7) is 11.2. The molecule has 0 radical (unpaired) electrons. The molecule has 0 unspecified atom stereocenters. The summed E-state index contributed by atoms with van der Waals surface area (Å²) in [5.41, 5.74) is 3.09. The van der Waals surface area contributed by atoms with Gasteiger partial charge < -0.3 is 10.6 Å². The number of hydrogen-bond acceptors (Lipinski definition) is 2. The van der Waals surface area contributed by atoms with Crippen molar-refractivity contribution in [3.8, 4) is 0 Å². The average Bonchev–Trinajstić information content (AvgIpc) is 2.59. The van der Waals surface area contributed by atoms with Crippen LogP contribution in [-0.2, 0) is 5.41 Å². The van der Waals surface area contributed by atoms with Crippen molar-refractivity contribution in [3.63, 3.8) is 0 Å². The molecule has 26 heavy (non-hydrogen) atoms. The highest BCUT2D eigenvalue weighted by molar-refractivity contribution is 6.04. The monoisotopic (exact) mass is 352 g/mol. The molecule has 0 aromatic heterocycles. The van der Waals surface area contributed by atoms with E-state index in [1.807, 2.05) is 38.1 Å². The van der Waals surface area contributed by atoms with Gasteiger partial charge in [0.15, 0.2) is 0 Å². The minimum Gasteiger partial charge on any atom is -0.352 e. The Balaban J connectivity index is 2.00. The van der Waals surface area contributed by atoms with Crippen LogP contribution in [0.15, 0.2) is 48.5 Å². The molecule has 0 aliphatic heterocycles. The molecule has 4 heteroatoms. The zero-order valence-corrected chi connectivity index (χ0v) is 16.2. The third-order valence-corrected chi connectivity index (χ3v) is 4.09. The lowest BCUT2D eigenvalue weighted by Crippen LogP contribution is -2.27. The number of carbonyl (C=O) groups excluding carboxylic acids is 2. The van der Waals surface area contributed by atoms with Crippen molar-refractivity contribution >= 4 is 17.5 Å². The first-order valence-electron chi connectivity index (χ1n) is 8.97. The third-order valence-electron chi connectivity index (χ3n) is 4.09. The molecule has 2 amide bonds. The largest absolute Gasteiger partial charge is 0.352 e. The molecule has 0 bridgehead atoms. The molecule has 2 aromatic rings. The summed E-state index contributed by atoms with van der Waals surface area (Å²) in [4.78, 5) is 24.4. The highest BCUT2D eigenvalue weighted by Gasteiger charge is 2.14. The Bertz CT molecular complexity index is 754. The number of nitrogens with one attached hydrogen (secondary N) is 2. The minimum absolute atomic E-state index is 0.0565. The summed E-state index contributed by atoms with van der Waals surface area (Å²) in [5.74, 6) is 0.138. The number of amides is 2. The summed E-state index contributed by atoms with van der Waals surface area (Å²) < 4.78 is 0. The minimum atomic E-state index is -0.164. The Morgan fingerprint density at radius 1 is 0.846 bits per heavy atom. The summed E-state index contributed by atoms with van der Waals surface area (Å²) in [6.07, 6.45) is 0. The van der Waals surface area contributed by atoms with E-state index in [0.717, 1.165) is 0 Å². The van der Waals surface area contributed by atoms with Crippen LogP contribution in [-0.4, -0.2) is 18.4 Å². The number of benzene rings is 2. The van der Waals surface area contributed by atoms with E-state index in [4.69, 9.17) is 0 Å². The topological polar surface area (TPSA) is 58.2 Å². The van der Waals surface area contributed by atoms with Gasteiger partial charge in [0, 0.05) is 23.4 Å². The number of rotatable bonds is 5. The van der Waals surface area contributed by atoms with Crippen LogP contribution in [0.1, 0.15) is 60.9 Å². The van der Waals surface area contributed by atoms with Gasteiger partial charge in [-0.05, 0) is 53.3 Å². The van der Waals surface area contributed by atoms with Gasteiger partial charge in [0.25, 0.3) is 11.8 Å².